The number of cyclic esters (lactones) is 1. The highest BCUT2D eigenvalue weighted by atomic mass is 16.6. The molecule has 0 aromatic heterocycles. The van der Waals surface area contributed by atoms with Gasteiger partial charge in [0.05, 0.1) is 35.4 Å². The van der Waals surface area contributed by atoms with E-state index >= 15 is 0 Å². The monoisotopic (exact) mass is 569 g/mol. The molecule has 2 heterocycles. The van der Waals surface area contributed by atoms with Crippen LogP contribution in [0.3, 0.4) is 0 Å². The van der Waals surface area contributed by atoms with Crippen molar-refractivity contribution in [2.75, 3.05) is 14.2 Å². The summed E-state index contributed by atoms with van der Waals surface area (Å²) in [6.07, 6.45) is -1.47. The zero-order valence-corrected chi connectivity index (χ0v) is 27.4. The quantitative estimate of drug-likeness (QED) is 0.395. The fourth-order valence-corrected chi connectivity index (χ4v) is 7.64. The van der Waals surface area contributed by atoms with E-state index in [1.807, 2.05) is 55.4 Å². The third-order valence-corrected chi connectivity index (χ3v) is 11.2. The molecule has 0 amide bonds. The summed E-state index contributed by atoms with van der Waals surface area (Å²) in [4.78, 5) is 13.9. The molecule has 2 rings (SSSR count). The molecule has 0 spiro atoms. The smallest absolute Gasteiger partial charge is 0.309 e. The first-order valence-corrected chi connectivity index (χ1v) is 15.2. The first-order chi connectivity index (χ1) is 18.3. The van der Waals surface area contributed by atoms with Gasteiger partial charge in [-0.3, -0.25) is 4.79 Å². The van der Waals surface area contributed by atoms with E-state index in [2.05, 4.69) is 20.8 Å². The van der Waals surface area contributed by atoms with Gasteiger partial charge in [-0.15, -0.1) is 0 Å². The Balaban J connectivity index is 2.68. The van der Waals surface area contributed by atoms with Gasteiger partial charge in [0.15, 0.2) is 0 Å². The van der Waals surface area contributed by atoms with E-state index in [0.717, 1.165) is 0 Å². The second-order valence-corrected chi connectivity index (χ2v) is 14.0. The molecule has 2 fully saturated rings. The van der Waals surface area contributed by atoms with Crippen LogP contribution in [0.25, 0.3) is 0 Å². The van der Waals surface area contributed by atoms with E-state index in [1.165, 1.54) is 0 Å². The lowest BCUT2D eigenvalue weighted by Gasteiger charge is -2.51. The molecular formula is C32H59NO7. The highest BCUT2D eigenvalue weighted by Crippen LogP contribution is 2.46. The van der Waals surface area contributed by atoms with Crippen LogP contribution in [0.4, 0.5) is 0 Å². The van der Waals surface area contributed by atoms with Crippen molar-refractivity contribution in [1.82, 2.24) is 0 Å². The minimum atomic E-state index is -0.870. The second-order valence-electron chi connectivity index (χ2n) is 14.0. The Morgan fingerprint density at radius 2 is 1.45 bits per heavy atom. The number of methoxy groups -OCH3 is 2. The first kappa shape index (κ1) is 35.1. The fraction of sp³-hybridized carbons (Fsp3) is 0.938. The average molecular weight is 570 g/mol. The van der Waals surface area contributed by atoms with Crippen LogP contribution in [0.15, 0.2) is 0 Å². The number of aliphatic hydroxyl groups is 2. The standard InChI is InChI=1S/C32H59NO7/c1-14-24-30(8,9)27(34)20(5)26(33)17(2)15-31(10,37-12)21(6)18(3)25(19(4)29(36)40-24)23-16-32(11,38-13)28(35)22(7)39-23/h17-25,27-28,33-35H,14-16H2,1-13H3/t17-,18-,19-,20+,21-,22+,23?,24-,25+,27-,28+,31-,32-/m1/s1. The van der Waals surface area contributed by atoms with Crippen molar-refractivity contribution >= 4 is 11.7 Å². The van der Waals surface area contributed by atoms with Gasteiger partial charge in [0, 0.05) is 43.6 Å². The minimum Gasteiger partial charge on any atom is -0.461 e. The molecule has 0 aromatic carbocycles. The summed E-state index contributed by atoms with van der Waals surface area (Å²) in [5, 5.41) is 31.4. The van der Waals surface area contributed by atoms with Crippen molar-refractivity contribution < 1.29 is 34.0 Å². The van der Waals surface area contributed by atoms with Crippen LogP contribution in [0.1, 0.15) is 95.4 Å². The summed E-state index contributed by atoms with van der Waals surface area (Å²) >= 11 is 0. The molecule has 0 bridgehead atoms. The Morgan fingerprint density at radius 3 is 1.95 bits per heavy atom. The van der Waals surface area contributed by atoms with Gasteiger partial charge in [0.2, 0.25) is 0 Å². The Hall–Kier alpha value is -1.06. The van der Waals surface area contributed by atoms with Crippen LogP contribution in [0.5, 0.6) is 0 Å². The molecule has 40 heavy (non-hydrogen) atoms. The van der Waals surface area contributed by atoms with Crippen molar-refractivity contribution in [3.8, 4) is 0 Å². The number of rotatable bonds is 4. The lowest BCUT2D eigenvalue weighted by atomic mass is 9.64. The van der Waals surface area contributed by atoms with Crippen LogP contribution >= 0.6 is 0 Å². The zero-order chi connectivity index (χ0) is 31.0. The Kier molecular flexibility index (Phi) is 11.5. The van der Waals surface area contributed by atoms with Crippen LogP contribution in [-0.2, 0) is 23.7 Å². The number of esters is 1. The summed E-state index contributed by atoms with van der Waals surface area (Å²) in [7, 11) is 3.31. The Labute approximate surface area is 243 Å². The highest BCUT2D eigenvalue weighted by Gasteiger charge is 2.53. The average Bonchev–Trinajstić information content (AvgIpc) is 2.91. The van der Waals surface area contributed by atoms with E-state index in [0.29, 0.717) is 25.0 Å². The van der Waals surface area contributed by atoms with Gasteiger partial charge in [-0.05, 0) is 51.4 Å². The molecular weight excluding hydrogens is 510 g/mol. The van der Waals surface area contributed by atoms with Crippen molar-refractivity contribution in [3.63, 3.8) is 0 Å². The summed E-state index contributed by atoms with van der Waals surface area (Å²) in [6, 6.07) is 0. The van der Waals surface area contributed by atoms with Crippen molar-refractivity contribution in [2.45, 2.75) is 137 Å². The van der Waals surface area contributed by atoms with E-state index in [9.17, 15) is 15.0 Å². The third kappa shape index (κ3) is 6.61. The van der Waals surface area contributed by atoms with Gasteiger partial charge in [-0.2, -0.15) is 0 Å². The van der Waals surface area contributed by atoms with Gasteiger partial charge < -0.3 is 34.6 Å². The second kappa shape index (κ2) is 13.1. The first-order valence-electron chi connectivity index (χ1n) is 15.2. The van der Waals surface area contributed by atoms with Crippen LogP contribution < -0.4 is 0 Å². The Morgan fingerprint density at radius 1 is 0.900 bits per heavy atom. The predicted molar refractivity (Wildman–Crippen MR) is 157 cm³/mol. The van der Waals surface area contributed by atoms with Gasteiger partial charge in [0.1, 0.15) is 12.2 Å². The van der Waals surface area contributed by atoms with Gasteiger partial charge in [-0.1, -0.05) is 55.4 Å². The molecule has 13 atom stereocenters. The zero-order valence-electron chi connectivity index (χ0n) is 27.4. The van der Waals surface area contributed by atoms with E-state index in [-0.39, 0.29) is 35.7 Å². The van der Waals surface area contributed by atoms with E-state index < -0.39 is 52.9 Å². The molecule has 1 unspecified atom stereocenters. The number of carbonyl (C=O) groups is 1. The van der Waals surface area contributed by atoms with Crippen LogP contribution in [-0.4, -0.2) is 77.8 Å². The molecule has 2 aliphatic heterocycles. The number of nitrogens with one attached hydrogen (secondary N) is 1. The molecule has 3 N–H and O–H groups in total. The lowest BCUT2D eigenvalue weighted by molar-refractivity contribution is -0.236. The topological polar surface area (TPSA) is 118 Å². The molecule has 234 valence electrons. The molecule has 0 saturated carbocycles. The lowest BCUT2D eigenvalue weighted by Crippen LogP contribution is -2.59. The summed E-state index contributed by atoms with van der Waals surface area (Å²) in [6.45, 7) is 21.8. The van der Waals surface area contributed by atoms with E-state index in [4.69, 9.17) is 24.4 Å². The van der Waals surface area contributed by atoms with Crippen LogP contribution in [0, 0.1) is 46.3 Å². The third-order valence-electron chi connectivity index (χ3n) is 11.2. The highest BCUT2D eigenvalue weighted by molar-refractivity contribution is 5.86. The maximum Gasteiger partial charge on any atom is 0.309 e. The maximum absolute atomic E-state index is 13.9. The van der Waals surface area contributed by atoms with E-state index in [1.54, 1.807) is 14.2 Å². The number of carbonyl (C=O) groups excluding carboxylic acids is 1. The maximum atomic E-state index is 13.9. The predicted octanol–water partition coefficient (Wildman–Crippen LogP) is 5.26. The fourth-order valence-electron chi connectivity index (χ4n) is 7.64. The number of aliphatic hydroxyl groups excluding tert-OH is 2. The van der Waals surface area contributed by atoms with Crippen molar-refractivity contribution in [3.05, 3.63) is 0 Å². The Bertz CT molecular complexity index is 879. The van der Waals surface area contributed by atoms with Crippen molar-refractivity contribution in [1.29, 1.82) is 5.41 Å². The SMILES string of the molecule is CC[C@H]1OC(=O)[C@H](C)[C@@H](C2C[C@@](C)(OC)[C@@H](O)[C@H](C)O2)[C@H](C)[C@@H](C)[C@](C)(OC)C[C@@H](C)C(=N)[C@H](C)[C@@H](O)C1(C)C. The minimum absolute atomic E-state index is 0.0193. The van der Waals surface area contributed by atoms with Gasteiger partial charge in [0.25, 0.3) is 0 Å². The summed E-state index contributed by atoms with van der Waals surface area (Å²) < 4.78 is 24.7. The summed E-state index contributed by atoms with van der Waals surface area (Å²) in [5.41, 5.74) is -1.72. The normalized spacial score (nSPS) is 47.8. The number of hydrogen-bond acceptors (Lipinski definition) is 8. The van der Waals surface area contributed by atoms with Crippen LogP contribution in [0.2, 0.25) is 0 Å². The number of ether oxygens (including phenoxy) is 4. The largest absolute Gasteiger partial charge is 0.461 e. The van der Waals surface area contributed by atoms with Crippen molar-refractivity contribution in [2.24, 2.45) is 40.9 Å². The molecule has 0 aromatic rings. The van der Waals surface area contributed by atoms with Gasteiger partial charge in [-0.25, -0.2) is 0 Å². The molecule has 2 saturated heterocycles. The number of hydrogen-bond donors (Lipinski definition) is 3. The molecule has 0 radical (unpaired) electrons. The van der Waals surface area contributed by atoms with Gasteiger partial charge >= 0.3 is 5.97 Å². The molecule has 0 aliphatic carbocycles. The molecule has 2 aliphatic rings. The summed E-state index contributed by atoms with van der Waals surface area (Å²) in [5.74, 6) is -1.70. The molecule has 8 nitrogen and oxygen atoms in total. The molecule has 8 heteroatoms.